The van der Waals surface area contributed by atoms with Crippen LogP contribution in [0, 0.1) is 0 Å². The minimum Gasteiger partial charge on any atom is -0.544 e. The molecule has 0 bridgehead atoms. The second kappa shape index (κ2) is 27.8. The van der Waals surface area contributed by atoms with Crippen LogP contribution in [-0.2, 0) is 28.6 Å². The number of nitrogens with zero attached hydrogens (tertiary/aromatic N) is 1. The van der Waals surface area contributed by atoms with Crippen LogP contribution in [0.1, 0.15) is 155 Å². The Morgan fingerprint density at radius 1 is 0.605 bits per heavy atom. The third kappa shape index (κ3) is 26.5. The Kier molecular flexibility index (Phi) is 26.8. The van der Waals surface area contributed by atoms with E-state index in [4.69, 9.17) is 14.2 Å². The fraction of sp³-hybridized carbons (Fsp3) is 0.914. The summed E-state index contributed by atoms with van der Waals surface area (Å²) in [4.78, 5) is 36.4. The Bertz CT molecular complexity index is 692. The maximum absolute atomic E-state index is 12.5. The molecule has 0 radical (unpaired) electrons. The second-order valence-corrected chi connectivity index (χ2v) is 13.1. The molecule has 2 unspecified atom stereocenters. The summed E-state index contributed by atoms with van der Waals surface area (Å²) in [6.45, 7) is 4.62. The molecule has 0 saturated heterocycles. The highest BCUT2D eigenvalue weighted by Crippen LogP contribution is 2.14. The summed E-state index contributed by atoms with van der Waals surface area (Å²) in [5.74, 6) is -1.73. The molecule has 0 aromatic rings. The fourth-order valence-corrected chi connectivity index (χ4v) is 5.19. The number of likely N-dealkylation sites (N-methyl/N-ethyl adjacent to an activating group) is 1. The molecule has 254 valence electrons. The van der Waals surface area contributed by atoms with Crippen LogP contribution in [0.2, 0.25) is 0 Å². The number of aliphatic carboxylic acids is 1. The first-order chi connectivity index (χ1) is 20.6. The van der Waals surface area contributed by atoms with Gasteiger partial charge < -0.3 is 28.6 Å². The predicted octanol–water partition coefficient (Wildman–Crippen LogP) is 6.90. The summed E-state index contributed by atoms with van der Waals surface area (Å²) in [7, 11) is 5.39. The lowest BCUT2D eigenvalue weighted by molar-refractivity contribution is -0.889. The SMILES string of the molecule is CCCCCCCCCCCCC(=O)OCC(COCCC(C(=O)[O-])[N+](C)(C)C)OC(=O)CCCCCCCCCCC. The normalized spacial score (nSPS) is 13.0. The molecule has 0 rings (SSSR count). The van der Waals surface area contributed by atoms with Crippen LogP contribution in [0.3, 0.4) is 0 Å². The van der Waals surface area contributed by atoms with Crippen LogP contribution in [-0.4, -0.2) is 75.5 Å². The van der Waals surface area contributed by atoms with Gasteiger partial charge in [-0.25, -0.2) is 0 Å². The number of esters is 2. The van der Waals surface area contributed by atoms with Crippen LogP contribution in [0.15, 0.2) is 0 Å². The maximum atomic E-state index is 12.5. The average Bonchev–Trinajstić information content (AvgIpc) is 2.94. The highest BCUT2D eigenvalue weighted by molar-refractivity contribution is 5.70. The molecule has 0 aliphatic heterocycles. The van der Waals surface area contributed by atoms with E-state index in [-0.39, 0.29) is 42.7 Å². The minimum atomic E-state index is -1.12. The number of carbonyl (C=O) groups excluding carboxylic acids is 3. The average molecular weight is 614 g/mol. The molecule has 0 spiro atoms. The van der Waals surface area contributed by atoms with Gasteiger partial charge in [-0.05, 0) is 12.8 Å². The van der Waals surface area contributed by atoms with Gasteiger partial charge in [0.15, 0.2) is 6.10 Å². The highest BCUT2D eigenvalue weighted by Gasteiger charge is 2.25. The summed E-state index contributed by atoms with van der Waals surface area (Å²) >= 11 is 0. The number of carbonyl (C=O) groups is 3. The molecular weight excluding hydrogens is 546 g/mol. The van der Waals surface area contributed by atoms with Crippen molar-refractivity contribution in [2.75, 3.05) is 41.0 Å². The number of hydrogen-bond donors (Lipinski definition) is 0. The fourth-order valence-electron chi connectivity index (χ4n) is 5.19. The van der Waals surface area contributed by atoms with Crippen LogP contribution in [0.4, 0.5) is 0 Å². The van der Waals surface area contributed by atoms with Gasteiger partial charge >= 0.3 is 11.9 Å². The van der Waals surface area contributed by atoms with E-state index < -0.39 is 18.1 Å². The summed E-state index contributed by atoms with van der Waals surface area (Å²) < 4.78 is 17.0. The van der Waals surface area contributed by atoms with Gasteiger partial charge in [0.25, 0.3) is 0 Å². The monoisotopic (exact) mass is 613 g/mol. The van der Waals surface area contributed by atoms with Gasteiger partial charge in [0.05, 0.1) is 40.3 Å². The third-order valence-corrected chi connectivity index (χ3v) is 7.99. The number of hydrogen-bond acceptors (Lipinski definition) is 7. The van der Waals surface area contributed by atoms with E-state index in [0.29, 0.717) is 12.8 Å². The zero-order chi connectivity index (χ0) is 32.2. The molecule has 0 heterocycles. The predicted molar refractivity (Wildman–Crippen MR) is 171 cm³/mol. The molecule has 0 amide bonds. The Labute approximate surface area is 264 Å². The van der Waals surface area contributed by atoms with Gasteiger partial charge in [0.2, 0.25) is 0 Å². The molecule has 43 heavy (non-hydrogen) atoms. The van der Waals surface area contributed by atoms with E-state index in [1.807, 2.05) is 0 Å². The van der Waals surface area contributed by atoms with Crippen molar-refractivity contribution in [2.24, 2.45) is 0 Å². The largest absolute Gasteiger partial charge is 0.544 e. The summed E-state index contributed by atoms with van der Waals surface area (Å²) in [6, 6.07) is -0.716. The van der Waals surface area contributed by atoms with Crippen molar-refractivity contribution in [1.29, 1.82) is 0 Å². The number of ether oxygens (including phenoxy) is 3. The summed E-state index contributed by atoms with van der Waals surface area (Å²) in [6.07, 6.45) is 22.7. The molecule has 0 aromatic heterocycles. The van der Waals surface area contributed by atoms with Crippen molar-refractivity contribution < 1.29 is 38.2 Å². The molecule has 0 fully saturated rings. The summed E-state index contributed by atoms with van der Waals surface area (Å²) in [5, 5.41) is 11.5. The van der Waals surface area contributed by atoms with E-state index in [2.05, 4.69) is 13.8 Å². The molecule has 0 aliphatic carbocycles. The smallest absolute Gasteiger partial charge is 0.306 e. The van der Waals surface area contributed by atoms with Crippen LogP contribution < -0.4 is 5.11 Å². The topological polar surface area (TPSA) is 102 Å². The van der Waals surface area contributed by atoms with Crippen LogP contribution in [0.25, 0.3) is 0 Å². The van der Waals surface area contributed by atoms with Gasteiger partial charge in [0, 0.05) is 19.3 Å². The van der Waals surface area contributed by atoms with Crippen LogP contribution >= 0.6 is 0 Å². The zero-order valence-corrected chi connectivity index (χ0v) is 28.6. The van der Waals surface area contributed by atoms with Gasteiger partial charge in [0.1, 0.15) is 12.6 Å². The van der Waals surface area contributed by atoms with Gasteiger partial charge in [-0.3, -0.25) is 9.59 Å². The lowest BCUT2D eigenvalue weighted by atomic mass is 10.1. The molecule has 8 heteroatoms. The van der Waals surface area contributed by atoms with Gasteiger partial charge in [-0.1, -0.05) is 123 Å². The molecular formula is C35H67NO7. The third-order valence-electron chi connectivity index (χ3n) is 7.99. The number of rotatable bonds is 31. The Morgan fingerprint density at radius 3 is 1.44 bits per heavy atom. The molecule has 0 N–H and O–H groups in total. The van der Waals surface area contributed by atoms with Crippen molar-refractivity contribution in [2.45, 2.75) is 167 Å². The van der Waals surface area contributed by atoms with Gasteiger partial charge in [-0.15, -0.1) is 0 Å². The molecule has 0 aliphatic rings. The molecule has 2 atom stereocenters. The van der Waals surface area contributed by atoms with E-state index >= 15 is 0 Å². The lowest BCUT2D eigenvalue weighted by Gasteiger charge is -2.34. The van der Waals surface area contributed by atoms with Crippen molar-refractivity contribution >= 4 is 17.9 Å². The lowest BCUT2D eigenvalue weighted by Crippen LogP contribution is -2.55. The molecule has 8 nitrogen and oxygen atoms in total. The minimum absolute atomic E-state index is 0.0476. The molecule has 0 saturated carbocycles. The van der Waals surface area contributed by atoms with Crippen molar-refractivity contribution in [1.82, 2.24) is 0 Å². The number of carboxylic acid groups (broad SMARTS) is 1. The van der Waals surface area contributed by atoms with Crippen molar-refractivity contribution in [3.05, 3.63) is 0 Å². The first-order valence-corrected chi connectivity index (χ1v) is 17.6. The summed E-state index contributed by atoms with van der Waals surface area (Å²) in [5.41, 5.74) is 0. The first kappa shape index (κ1) is 41.3. The van der Waals surface area contributed by atoms with Crippen molar-refractivity contribution in [3.63, 3.8) is 0 Å². The Hall–Kier alpha value is -1.67. The maximum Gasteiger partial charge on any atom is 0.306 e. The van der Waals surface area contributed by atoms with Crippen molar-refractivity contribution in [3.8, 4) is 0 Å². The standard InChI is InChI=1S/C35H67NO7/c1-6-8-10-12-14-16-18-19-21-23-25-33(37)42-30-31(29-41-28-27-32(35(39)40)36(3,4)5)43-34(38)26-24-22-20-17-15-13-11-9-7-2/h31-32H,6-30H2,1-5H3. The molecule has 0 aromatic carbocycles. The number of carboxylic acids is 1. The highest BCUT2D eigenvalue weighted by atomic mass is 16.6. The van der Waals surface area contributed by atoms with Gasteiger partial charge in [-0.2, -0.15) is 0 Å². The first-order valence-electron chi connectivity index (χ1n) is 17.6. The van der Waals surface area contributed by atoms with E-state index in [9.17, 15) is 19.5 Å². The Balaban J connectivity index is 4.45. The zero-order valence-electron chi connectivity index (χ0n) is 28.6. The number of quaternary nitrogens is 1. The number of unbranched alkanes of at least 4 members (excludes halogenated alkanes) is 17. The van der Waals surface area contributed by atoms with E-state index in [0.717, 1.165) is 38.5 Å². The Morgan fingerprint density at radius 2 is 1.02 bits per heavy atom. The quantitative estimate of drug-likeness (QED) is 0.0476. The second-order valence-electron chi connectivity index (χ2n) is 13.1. The van der Waals surface area contributed by atoms with Crippen LogP contribution in [0.5, 0.6) is 0 Å². The van der Waals surface area contributed by atoms with E-state index in [1.54, 1.807) is 21.1 Å². The van der Waals surface area contributed by atoms with E-state index in [1.165, 1.54) is 83.5 Å².